The third-order valence-electron chi connectivity index (χ3n) is 25.5. The van der Waals surface area contributed by atoms with E-state index in [4.69, 9.17) is 102 Å². The molecule has 2 fully saturated rings. The number of H-pyrrole nitrogens is 5. The number of halogens is 9. The number of benzene rings is 11. The van der Waals surface area contributed by atoms with Crippen molar-refractivity contribution in [2.45, 2.75) is 113 Å². The summed E-state index contributed by atoms with van der Waals surface area (Å²) in [6, 6.07) is 79.3. The molecule has 20 nitrogen and oxygen atoms in total. The number of aromatic nitrogens is 15. The summed E-state index contributed by atoms with van der Waals surface area (Å²) in [5.74, 6) is 0.105. The lowest BCUT2D eigenvalue weighted by atomic mass is 10.0. The summed E-state index contributed by atoms with van der Waals surface area (Å²) in [6.07, 6.45) is 4.94. The van der Waals surface area contributed by atoms with Gasteiger partial charge in [0.25, 0.3) is 27.8 Å². The number of aryl methyl sites for hydroxylation is 10. The molecule has 0 saturated heterocycles. The third-order valence-corrected chi connectivity index (χ3v) is 27.7. The summed E-state index contributed by atoms with van der Waals surface area (Å²) in [4.78, 5) is 77.4. The predicted molar refractivity (Wildman–Crippen MR) is 569 cm³/mol. The molecule has 10 aromatic heterocycles. The van der Waals surface area contributed by atoms with E-state index in [0.29, 0.717) is 93.0 Å². The molecule has 0 unspecified atom stereocenters. The number of aromatic amines is 5. The fourth-order valence-corrected chi connectivity index (χ4v) is 19.5. The van der Waals surface area contributed by atoms with Crippen LogP contribution < -0.4 is 27.8 Å². The van der Waals surface area contributed by atoms with Gasteiger partial charge in [-0.25, -0.2) is 31.4 Å². The van der Waals surface area contributed by atoms with Gasteiger partial charge < -0.3 is 24.9 Å². The summed E-state index contributed by atoms with van der Waals surface area (Å²) in [7, 11) is 0. The molecule has 0 bridgehead atoms. The Morgan fingerprint density at radius 1 is 0.282 bits per heavy atom. The molecular formula is C113H90Cl7F2N15O5. The average Bonchev–Trinajstić information content (AvgIpc) is 1.59. The van der Waals surface area contributed by atoms with Crippen LogP contribution in [0.15, 0.2) is 285 Å². The van der Waals surface area contributed by atoms with Gasteiger partial charge in [-0.05, 0) is 253 Å². The van der Waals surface area contributed by atoms with Crippen molar-refractivity contribution in [3.63, 3.8) is 0 Å². The molecule has 10 heterocycles. The number of hydrogen-bond acceptors (Lipinski definition) is 10. The van der Waals surface area contributed by atoms with E-state index in [0.717, 1.165) is 188 Å². The van der Waals surface area contributed by atoms with Crippen molar-refractivity contribution < 1.29 is 8.78 Å². The van der Waals surface area contributed by atoms with Crippen LogP contribution in [0.3, 0.4) is 0 Å². The largest absolute Gasteiger partial charge is 0.306 e. The summed E-state index contributed by atoms with van der Waals surface area (Å²) < 4.78 is 36.1. The van der Waals surface area contributed by atoms with Crippen molar-refractivity contribution in [3.05, 3.63) is 438 Å². The van der Waals surface area contributed by atoms with Crippen LogP contribution in [0.4, 0.5) is 8.78 Å². The van der Waals surface area contributed by atoms with Crippen LogP contribution in [0, 0.1) is 80.9 Å². The van der Waals surface area contributed by atoms with Gasteiger partial charge in [-0.2, -0.15) is 25.5 Å². The Kier molecular flexibility index (Phi) is 27.0. The molecule has 21 aromatic rings. The number of nitrogens with zero attached hydrogens (tertiary/aromatic N) is 10. The fraction of sp³-hybridized carbons (Fsp3) is 0.150. The van der Waals surface area contributed by atoms with Gasteiger partial charge in [0.05, 0.1) is 77.0 Å². The van der Waals surface area contributed by atoms with Gasteiger partial charge in [-0.1, -0.05) is 231 Å². The van der Waals surface area contributed by atoms with E-state index < -0.39 is 0 Å². The molecule has 2 aliphatic carbocycles. The highest BCUT2D eigenvalue weighted by atomic mass is 35.5. The van der Waals surface area contributed by atoms with Gasteiger partial charge in [0.15, 0.2) is 0 Å². The van der Waals surface area contributed by atoms with Gasteiger partial charge in [-0.3, -0.25) is 24.0 Å². The van der Waals surface area contributed by atoms with Gasteiger partial charge in [0, 0.05) is 119 Å². The van der Waals surface area contributed by atoms with Gasteiger partial charge >= 0.3 is 0 Å². The Labute approximate surface area is 847 Å². The van der Waals surface area contributed by atoms with Crippen molar-refractivity contribution in [1.82, 2.24) is 73.0 Å². The van der Waals surface area contributed by atoms with Crippen molar-refractivity contribution in [2.75, 3.05) is 0 Å². The monoisotopic (exact) mass is 2020 g/mol. The van der Waals surface area contributed by atoms with Gasteiger partial charge in [0.2, 0.25) is 0 Å². The molecule has 142 heavy (non-hydrogen) atoms. The zero-order valence-electron chi connectivity index (χ0n) is 78.4. The number of nitrogens with one attached hydrogen (secondary N) is 5. The highest BCUT2D eigenvalue weighted by Crippen LogP contribution is 2.49. The second-order valence-corrected chi connectivity index (χ2v) is 39.0. The van der Waals surface area contributed by atoms with Crippen LogP contribution in [0.25, 0.3) is 140 Å². The molecule has 2 saturated carbocycles. The second-order valence-electron chi connectivity index (χ2n) is 36.0. The van der Waals surface area contributed by atoms with Gasteiger partial charge in [-0.15, -0.1) is 0 Å². The Morgan fingerprint density at radius 3 is 0.873 bits per heavy atom. The maximum absolute atomic E-state index is 13.6. The number of fused-ring (bicyclic) bond motifs is 5. The minimum atomic E-state index is -0.317. The normalized spacial score (nSPS) is 12.3. The minimum absolute atomic E-state index is 0.150. The lowest BCUT2D eigenvalue weighted by Gasteiger charge is -2.09. The van der Waals surface area contributed by atoms with Crippen LogP contribution in [0.5, 0.6) is 0 Å². The maximum Gasteiger partial charge on any atom is 0.251 e. The summed E-state index contributed by atoms with van der Waals surface area (Å²) in [5, 5.41) is 28.0. The van der Waals surface area contributed by atoms with E-state index in [1.54, 1.807) is 69.7 Å². The second kappa shape index (κ2) is 39.8. The first-order chi connectivity index (χ1) is 68.2. The minimum Gasteiger partial charge on any atom is -0.306 e. The van der Waals surface area contributed by atoms with E-state index in [9.17, 15) is 32.8 Å². The van der Waals surface area contributed by atoms with E-state index in [1.807, 2.05) is 157 Å². The molecule has 29 heteroatoms. The molecule has 0 spiro atoms. The first-order valence-electron chi connectivity index (χ1n) is 45.9. The molecule has 0 radical (unpaired) electrons. The highest BCUT2D eigenvalue weighted by molar-refractivity contribution is 6.43. The van der Waals surface area contributed by atoms with E-state index >= 15 is 0 Å². The Bertz CT molecular complexity index is 8520. The van der Waals surface area contributed by atoms with E-state index in [2.05, 4.69) is 119 Å². The van der Waals surface area contributed by atoms with Crippen LogP contribution in [-0.4, -0.2) is 73.0 Å². The van der Waals surface area contributed by atoms with Crippen molar-refractivity contribution in [1.29, 1.82) is 0 Å². The standard InChI is InChI=1S/C27H22ClN3O.C23H19Cl2N3O.C22H16Cl2FN3O.C21H18ClN3O.C20H15ClFN3O/c1-17-8-13-22(18(2)14-17)24-16-25(32)29-27-26(20-9-11-21(28)12-10-20)23(30-31(24)27)15-19-6-4-3-5-7-19;1-12-3-7-16(13(2)9-12)19-11-20(29)26-23-21(15-6-8-17(24)18(25)10-15)22(14-4-5-14)27-28(19)23;1-11-8-14(25)5-6-15(11)18-10-19(29)26-22-20(13-4-7-16(23)17(24)9-13)21(12-2-3-12)27-28(18)22;1-12-4-9-17(13(2)10-12)18-11-19(26)23-21-20(14(3)24-25(18)21)15-5-7-16(22)8-6-15;1-11-9-15(22)7-8-16(11)17-10-18(26)23-20-19(12(2)24-25(17)20)13-3-5-14(21)6-4-13/h3-14,16H,15H2,1-2H3,(H,29,32);3,6-11,14H,4-5H2,1-2H3,(H,26,29);4-10,12H,2-3H2,1H3,(H,26,29);4-11H,1-3H3,(H,23,26);3-10H,1-2H3,(H,23,26). The number of rotatable bonds is 14. The maximum atomic E-state index is 13.6. The molecule has 0 aliphatic heterocycles. The Balaban J connectivity index is 0.000000113. The molecule has 2 aliphatic rings. The molecule has 23 rings (SSSR count). The summed E-state index contributed by atoms with van der Waals surface area (Å²) >= 11 is 42.9. The average molecular weight is 2020 g/mol. The topological polar surface area (TPSA) is 251 Å². The van der Waals surface area contributed by atoms with Gasteiger partial charge in [0.1, 0.15) is 39.9 Å². The molecule has 5 N–H and O–H groups in total. The van der Waals surface area contributed by atoms with E-state index in [-0.39, 0.29) is 39.4 Å². The van der Waals surface area contributed by atoms with Crippen molar-refractivity contribution in [2.24, 2.45) is 0 Å². The summed E-state index contributed by atoms with van der Waals surface area (Å²) in [5.41, 5.74) is 33.3. The smallest absolute Gasteiger partial charge is 0.251 e. The predicted octanol–water partition coefficient (Wildman–Crippen LogP) is 28.1. The molecule has 0 atom stereocenters. The zero-order chi connectivity index (χ0) is 99.7. The Hall–Kier alpha value is -14.6. The van der Waals surface area contributed by atoms with E-state index in [1.165, 1.54) is 53.1 Å². The van der Waals surface area contributed by atoms with Crippen molar-refractivity contribution in [3.8, 4) is 112 Å². The van der Waals surface area contributed by atoms with Crippen LogP contribution in [0.1, 0.15) is 116 Å². The number of hydrogen-bond donors (Lipinski definition) is 5. The molecule has 710 valence electrons. The highest BCUT2D eigenvalue weighted by Gasteiger charge is 2.35. The lowest BCUT2D eigenvalue weighted by Crippen LogP contribution is -2.10. The fourth-order valence-electron chi connectivity index (χ4n) is 18.5. The van der Waals surface area contributed by atoms with Crippen LogP contribution >= 0.6 is 81.2 Å². The first-order valence-corrected chi connectivity index (χ1v) is 48.6. The Morgan fingerprint density at radius 2 is 0.563 bits per heavy atom. The molecule has 0 amide bonds. The zero-order valence-corrected chi connectivity index (χ0v) is 83.7. The third kappa shape index (κ3) is 19.9. The quantitative estimate of drug-likeness (QED) is 0.0688. The van der Waals surface area contributed by atoms with Crippen LogP contribution in [-0.2, 0) is 6.42 Å². The van der Waals surface area contributed by atoms with Crippen molar-refractivity contribution >= 4 is 109 Å². The SMILES string of the molecule is Cc1cc(F)ccc1-c1cc(=O)[nH]c2c(-c3ccc(Cl)c(Cl)c3)c(C3CC3)nn12.Cc1cc(F)ccc1-c1cc(=O)[nH]c2c(-c3ccc(Cl)cc3)c(C)nn12.Cc1ccc(-c2cc(=O)[nH]c3c(-c4ccc(Cl)c(Cl)c4)c(C4CC4)nn23)c(C)c1.Cc1ccc(-c2cc(=O)[nH]c3c(-c4ccc(Cl)cc4)c(C)nn23)c(C)c1.Cc1ccc(-c2cc(=O)[nH]c3c(-c4ccc(Cl)cc4)c(Cc4ccccc4)nn23)c(C)c1. The molecular weight excluding hydrogens is 1930 g/mol. The molecule has 11 aromatic carbocycles. The lowest BCUT2D eigenvalue weighted by molar-refractivity contribution is 0.626. The summed E-state index contributed by atoms with van der Waals surface area (Å²) in [6.45, 7) is 19.8. The first kappa shape index (κ1) is 96.3. The van der Waals surface area contributed by atoms with Crippen LogP contribution in [0.2, 0.25) is 35.2 Å².